The van der Waals surface area contributed by atoms with Crippen molar-refractivity contribution in [1.82, 2.24) is 0 Å². The average Bonchev–Trinajstić information content (AvgIpc) is 2.27. The summed E-state index contributed by atoms with van der Waals surface area (Å²) in [6, 6.07) is 2.91. The maximum atomic E-state index is 12.8. The fourth-order valence-corrected chi connectivity index (χ4v) is 2.73. The topological polar surface area (TPSA) is 37.4 Å². The highest BCUT2D eigenvalue weighted by Crippen LogP contribution is 2.39. The summed E-state index contributed by atoms with van der Waals surface area (Å²) in [7, 11) is 0. The number of carbonyl (C=O) groups excluding carboxylic acids is 2. The van der Waals surface area contributed by atoms with Gasteiger partial charge in [-0.2, -0.15) is 13.2 Å². The number of imide groups is 1. The van der Waals surface area contributed by atoms with E-state index in [9.17, 15) is 22.8 Å². The van der Waals surface area contributed by atoms with Crippen molar-refractivity contribution in [2.75, 3.05) is 4.90 Å². The van der Waals surface area contributed by atoms with Crippen molar-refractivity contribution >= 4 is 33.4 Å². The number of alkyl halides is 3. The van der Waals surface area contributed by atoms with E-state index in [1.54, 1.807) is 13.8 Å². The van der Waals surface area contributed by atoms with Gasteiger partial charge in [-0.3, -0.25) is 9.59 Å². The first-order valence-corrected chi connectivity index (χ1v) is 7.03. The van der Waals surface area contributed by atoms with Crippen LogP contribution in [0.1, 0.15) is 32.3 Å². The molecule has 0 aromatic heterocycles. The minimum atomic E-state index is -4.53. The zero-order valence-electron chi connectivity index (χ0n) is 11.4. The van der Waals surface area contributed by atoms with Gasteiger partial charge in [-0.25, -0.2) is 4.90 Å². The van der Waals surface area contributed by atoms with Crippen LogP contribution >= 0.6 is 15.9 Å². The predicted molar refractivity (Wildman–Crippen MR) is 74.7 cm³/mol. The monoisotopic (exact) mass is 363 g/mol. The summed E-state index contributed by atoms with van der Waals surface area (Å²) in [5.41, 5.74) is -1.43. The molecule has 1 fully saturated rings. The zero-order valence-corrected chi connectivity index (χ0v) is 13.0. The third kappa shape index (κ3) is 3.28. The number of halogens is 4. The Hall–Kier alpha value is -1.37. The Kier molecular flexibility index (Phi) is 3.90. The Morgan fingerprint density at radius 3 is 2.14 bits per heavy atom. The van der Waals surface area contributed by atoms with Gasteiger partial charge in [-0.15, -0.1) is 0 Å². The van der Waals surface area contributed by atoms with Crippen molar-refractivity contribution in [3.63, 3.8) is 0 Å². The maximum Gasteiger partial charge on any atom is 0.416 e. The van der Waals surface area contributed by atoms with Gasteiger partial charge in [-0.05, 0) is 39.5 Å². The number of hydrogen-bond acceptors (Lipinski definition) is 2. The number of nitrogens with zero attached hydrogens (tertiary/aromatic N) is 1. The number of benzene rings is 1. The van der Waals surface area contributed by atoms with E-state index in [1.165, 1.54) is 6.07 Å². The SMILES string of the molecule is CC1(C)CC(=O)N(c2cc(C(F)(F)F)ccc2Br)C(=O)C1. The van der Waals surface area contributed by atoms with E-state index < -0.39 is 29.0 Å². The molecule has 2 rings (SSSR count). The molecule has 0 spiro atoms. The van der Waals surface area contributed by atoms with Crippen LogP contribution in [0, 0.1) is 5.41 Å². The summed E-state index contributed by atoms with van der Waals surface area (Å²) in [6.45, 7) is 3.56. The smallest absolute Gasteiger partial charge is 0.274 e. The largest absolute Gasteiger partial charge is 0.416 e. The van der Waals surface area contributed by atoms with E-state index >= 15 is 0 Å². The fourth-order valence-electron chi connectivity index (χ4n) is 2.31. The number of carbonyl (C=O) groups is 2. The Labute approximate surface area is 128 Å². The van der Waals surface area contributed by atoms with Crippen LogP contribution in [-0.2, 0) is 15.8 Å². The van der Waals surface area contributed by atoms with Crippen molar-refractivity contribution in [3.8, 4) is 0 Å². The molecular formula is C14H13BrF3NO2. The summed E-state index contributed by atoms with van der Waals surface area (Å²) in [4.78, 5) is 25.1. The van der Waals surface area contributed by atoms with Crippen molar-refractivity contribution in [3.05, 3.63) is 28.2 Å². The molecule has 0 bridgehead atoms. The number of amides is 2. The van der Waals surface area contributed by atoms with Crippen molar-refractivity contribution in [1.29, 1.82) is 0 Å². The molecule has 1 heterocycles. The average molecular weight is 364 g/mol. The van der Waals surface area contributed by atoms with Crippen LogP contribution in [0.15, 0.2) is 22.7 Å². The van der Waals surface area contributed by atoms with Gasteiger partial charge in [0.15, 0.2) is 0 Å². The molecular weight excluding hydrogens is 351 g/mol. The summed E-state index contributed by atoms with van der Waals surface area (Å²) >= 11 is 3.10. The molecule has 21 heavy (non-hydrogen) atoms. The first-order valence-electron chi connectivity index (χ1n) is 6.24. The Balaban J connectivity index is 2.46. The molecule has 0 atom stereocenters. The third-order valence-electron chi connectivity index (χ3n) is 3.27. The number of anilines is 1. The Bertz CT molecular complexity index is 591. The van der Waals surface area contributed by atoms with Crippen LogP contribution < -0.4 is 4.90 Å². The van der Waals surface area contributed by atoms with Crippen LogP contribution in [0.5, 0.6) is 0 Å². The highest BCUT2D eigenvalue weighted by molar-refractivity contribution is 9.10. The van der Waals surface area contributed by atoms with E-state index in [4.69, 9.17) is 0 Å². The summed E-state index contributed by atoms with van der Waals surface area (Å²) < 4.78 is 38.6. The summed E-state index contributed by atoms with van der Waals surface area (Å²) in [6.07, 6.45) is -4.31. The van der Waals surface area contributed by atoms with E-state index in [-0.39, 0.29) is 23.0 Å². The maximum absolute atomic E-state index is 12.8. The first-order chi connectivity index (χ1) is 9.51. The lowest BCUT2D eigenvalue weighted by Gasteiger charge is -2.35. The van der Waals surface area contributed by atoms with Crippen molar-refractivity contribution < 1.29 is 22.8 Å². The zero-order chi connectivity index (χ0) is 16.0. The normalized spacial score (nSPS) is 19.0. The van der Waals surface area contributed by atoms with Crippen LogP contribution in [0.4, 0.5) is 18.9 Å². The fraction of sp³-hybridized carbons (Fsp3) is 0.429. The highest BCUT2D eigenvalue weighted by Gasteiger charge is 2.40. The lowest BCUT2D eigenvalue weighted by molar-refractivity contribution is -0.138. The Morgan fingerprint density at radius 1 is 1.14 bits per heavy atom. The molecule has 1 aliphatic rings. The van der Waals surface area contributed by atoms with Crippen LogP contribution in [0.3, 0.4) is 0 Å². The summed E-state index contributed by atoms with van der Waals surface area (Å²) in [5.74, 6) is -0.979. The van der Waals surface area contributed by atoms with Gasteiger partial charge < -0.3 is 0 Å². The van der Waals surface area contributed by atoms with Crippen LogP contribution in [0.2, 0.25) is 0 Å². The number of rotatable bonds is 1. The van der Waals surface area contributed by atoms with Gasteiger partial charge in [0.2, 0.25) is 11.8 Å². The lowest BCUT2D eigenvalue weighted by atomic mass is 9.81. The quantitative estimate of drug-likeness (QED) is 0.703. The minimum Gasteiger partial charge on any atom is -0.274 e. The molecule has 1 saturated heterocycles. The second-order valence-electron chi connectivity index (χ2n) is 5.80. The number of piperidine rings is 1. The molecule has 2 amide bonds. The molecule has 1 aliphatic heterocycles. The van der Waals surface area contributed by atoms with Crippen LogP contribution in [-0.4, -0.2) is 11.8 Å². The van der Waals surface area contributed by atoms with Crippen LogP contribution in [0.25, 0.3) is 0 Å². The highest BCUT2D eigenvalue weighted by atomic mass is 79.9. The van der Waals surface area contributed by atoms with E-state index in [1.807, 2.05) is 0 Å². The molecule has 0 radical (unpaired) electrons. The molecule has 3 nitrogen and oxygen atoms in total. The molecule has 0 saturated carbocycles. The molecule has 1 aromatic rings. The molecule has 7 heteroatoms. The minimum absolute atomic E-state index is 0.0599. The van der Waals surface area contributed by atoms with E-state index in [0.717, 1.165) is 17.0 Å². The van der Waals surface area contributed by atoms with Gasteiger partial charge in [0.1, 0.15) is 0 Å². The van der Waals surface area contributed by atoms with Gasteiger partial charge in [0.05, 0.1) is 11.3 Å². The van der Waals surface area contributed by atoms with E-state index in [2.05, 4.69) is 15.9 Å². The van der Waals surface area contributed by atoms with Crippen molar-refractivity contribution in [2.24, 2.45) is 5.41 Å². The van der Waals surface area contributed by atoms with Crippen molar-refractivity contribution in [2.45, 2.75) is 32.9 Å². The van der Waals surface area contributed by atoms with Gasteiger partial charge in [0.25, 0.3) is 0 Å². The van der Waals surface area contributed by atoms with E-state index in [0.29, 0.717) is 0 Å². The van der Waals surface area contributed by atoms with Gasteiger partial charge in [-0.1, -0.05) is 13.8 Å². The van der Waals surface area contributed by atoms with Gasteiger partial charge >= 0.3 is 6.18 Å². The second-order valence-corrected chi connectivity index (χ2v) is 6.66. The molecule has 0 aliphatic carbocycles. The number of hydrogen-bond donors (Lipinski definition) is 0. The first kappa shape index (κ1) is 16.0. The predicted octanol–water partition coefficient (Wildman–Crippen LogP) is 4.15. The molecule has 1 aromatic carbocycles. The van der Waals surface area contributed by atoms with Gasteiger partial charge in [0, 0.05) is 17.3 Å². The standard InChI is InChI=1S/C14H13BrF3NO2/c1-13(2)6-11(20)19(12(21)7-13)10-5-8(14(16,17)18)3-4-9(10)15/h3-5H,6-7H2,1-2H3. The molecule has 0 unspecified atom stereocenters. The second kappa shape index (κ2) is 5.12. The Morgan fingerprint density at radius 2 is 1.67 bits per heavy atom. The lowest BCUT2D eigenvalue weighted by Crippen LogP contribution is -2.46. The third-order valence-corrected chi connectivity index (χ3v) is 3.94. The summed E-state index contributed by atoms with van der Waals surface area (Å²) in [5, 5.41) is 0. The molecule has 0 N–H and O–H groups in total. The molecule has 114 valence electrons.